The van der Waals surface area contributed by atoms with Crippen molar-refractivity contribution in [2.75, 3.05) is 7.05 Å². The van der Waals surface area contributed by atoms with Gasteiger partial charge in [-0.25, -0.2) is 4.98 Å². The third kappa shape index (κ3) is 3.04. The van der Waals surface area contributed by atoms with Crippen LogP contribution in [0.15, 0.2) is 59.5 Å². The summed E-state index contributed by atoms with van der Waals surface area (Å²) in [5, 5.41) is 0. The lowest BCUT2D eigenvalue weighted by Gasteiger charge is -2.28. The van der Waals surface area contributed by atoms with E-state index < -0.39 is 5.54 Å². The van der Waals surface area contributed by atoms with E-state index >= 15 is 0 Å². The lowest BCUT2D eigenvalue weighted by molar-refractivity contribution is 0.0691. The highest BCUT2D eigenvalue weighted by atomic mass is 16.2. The van der Waals surface area contributed by atoms with Crippen LogP contribution >= 0.6 is 0 Å². The number of imidazole rings is 1. The zero-order valence-corrected chi connectivity index (χ0v) is 19.9. The third-order valence-electron chi connectivity index (χ3n) is 7.15. The molecule has 1 aliphatic rings. The summed E-state index contributed by atoms with van der Waals surface area (Å²) < 4.78 is 3.78. The number of aromatic nitrogens is 3. The van der Waals surface area contributed by atoms with Gasteiger partial charge in [-0.1, -0.05) is 30.3 Å². The van der Waals surface area contributed by atoms with Crippen LogP contribution in [-0.2, 0) is 12.6 Å². The molecule has 1 atom stereocenters. The highest BCUT2D eigenvalue weighted by molar-refractivity contribution is 6.03. The molecule has 3 heterocycles. The molecule has 0 fully saturated rings. The van der Waals surface area contributed by atoms with Gasteiger partial charge in [-0.05, 0) is 57.0 Å². The molecule has 0 radical (unpaired) electrons. The van der Waals surface area contributed by atoms with E-state index in [-0.39, 0.29) is 17.5 Å². The van der Waals surface area contributed by atoms with Crippen molar-refractivity contribution in [3.8, 4) is 11.4 Å². The molecule has 4 aromatic rings. The van der Waals surface area contributed by atoms with Crippen LogP contribution < -0.4 is 5.56 Å². The van der Waals surface area contributed by atoms with E-state index in [2.05, 4.69) is 43.5 Å². The van der Waals surface area contributed by atoms with Gasteiger partial charge in [-0.15, -0.1) is 0 Å². The fraction of sp³-hybridized carbons (Fsp3) is 0.296. The first-order valence-electron chi connectivity index (χ1n) is 11.2. The fourth-order valence-corrected chi connectivity index (χ4v) is 4.92. The highest BCUT2D eigenvalue weighted by Gasteiger charge is 2.41. The van der Waals surface area contributed by atoms with E-state index in [0.717, 1.165) is 39.1 Å². The van der Waals surface area contributed by atoms with Gasteiger partial charge in [0.05, 0.1) is 22.6 Å². The fourth-order valence-electron chi connectivity index (χ4n) is 4.92. The van der Waals surface area contributed by atoms with Gasteiger partial charge >= 0.3 is 0 Å². The summed E-state index contributed by atoms with van der Waals surface area (Å²) in [6, 6.07) is 16.2. The van der Waals surface area contributed by atoms with Crippen molar-refractivity contribution in [2.45, 2.75) is 39.3 Å². The van der Waals surface area contributed by atoms with Crippen molar-refractivity contribution in [1.29, 1.82) is 0 Å². The first-order valence-corrected chi connectivity index (χ1v) is 11.2. The number of benzene rings is 2. The minimum Gasteiger partial charge on any atom is -0.332 e. The molecule has 0 saturated heterocycles. The lowest BCUT2D eigenvalue weighted by Crippen LogP contribution is -2.35. The zero-order valence-electron chi connectivity index (χ0n) is 19.9. The van der Waals surface area contributed by atoms with Gasteiger partial charge in [0.15, 0.2) is 0 Å². The van der Waals surface area contributed by atoms with Gasteiger partial charge in [0.25, 0.3) is 11.5 Å². The Morgan fingerprint density at radius 2 is 1.70 bits per heavy atom. The number of carbonyl (C=O) groups is 1. The predicted octanol–water partition coefficient (Wildman–Crippen LogP) is 4.64. The molecule has 168 valence electrons. The maximum atomic E-state index is 13.1. The Hall–Kier alpha value is -3.67. The number of carbonyl (C=O) groups excluding carboxylic acids is 1. The third-order valence-corrected chi connectivity index (χ3v) is 7.15. The largest absolute Gasteiger partial charge is 0.332 e. The molecule has 6 heteroatoms. The van der Waals surface area contributed by atoms with Gasteiger partial charge in [0, 0.05) is 37.0 Å². The first-order chi connectivity index (χ1) is 15.6. The second-order valence-corrected chi connectivity index (χ2v) is 9.53. The Morgan fingerprint density at radius 1 is 1.00 bits per heavy atom. The van der Waals surface area contributed by atoms with Crippen molar-refractivity contribution in [3.63, 3.8) is 0 Å². The van der Waals surface area contributed by atoms with Crippen molar-refractivity contribution in [1.82, 2.24) is 19.0 Å². The average molecular weight is 441 g/mol. The number of rotatable bonds is 3. The minimum absolute atomic E-state index is 0.0214. The quantitative estimate of drug-likeness (QED) is 0.466. The van der Waals surface area contributed by atoms with Gasteiger partial charge < -0.3 is 14.0 Å². The second kappa shape index (κ2) is 7.17. The maximum Gasteiger partial charge on any atom is 0.254 e. The number of fused-ring (bicyclic) bond motifs is 2. The molecule has 0 aliphatic carbocycles. The molecule has 1 unspecified atom stereocenters. The van der Waals surface area contributed by atoms with Crippen LogP contribution in [-0.4, -0.2) is 32.0 Å². The molecular weight excluding hydrogens is 412 g/mol. The van der Waals surface area contributed by atoms with E-state index in [9.17, 15) is 9.59 Å². The summed E-state index contributed by atoms with van der Waals surface area (Å²) in [7, 11) is 3.61. The van der Waals surface area contributed by atoms with Gasteiger partial charge in [-0.3, -0.25) is 9.59 Å². The molecule has 33 heavy (non-hydrogen) atoms. The van der Waals surface area contributed by atoms with Gasteiger partial charge in [-0.2, -0.15) is 0 Å². The summed E-state index contributed by atoms with van der Waals surface area (Å²) >= 11 is 0. The predicted molar refractivity (Wildman–Crippen MR) is 131 cm³/mol. The average Bonchev–Trinajstić information content (AvgIpc) is 3.25. The Bertz CT molecular complexity index is 1450. The topological polar surface area (TPSA) is 60.1 Å². The minimum atomic E-state index is -0.400. The number of hydrogen-bond donors (Lipinski definition) is 0. The molecule has 6 nitrogen and oxygen atoms in total. The van der Waals surface area contributed by atoms with Crippen molar-refractivity contribution in [3.05, 3.63) is 87.3 Å². The van der Waals surface area contributed by atoms with Gasteiger partial charge in [0.2, 0.25) is 0 Å². The second-order valence-electron chi connectivity index (χ2n) is 9.53. The first kappa shape index (κ1) is 21.2. The molecule has 0 N–H and O–H groups in total. The molecule has 5 rings (SSSR count). The van der Waals surface area contributed by atoms with Crippen LogP contribution in [0.5, 0.6) is 0 Å². The SMILES string of the molecule is Cc1cc(-c2nc3cc4c(cc3n2C(C)c2ccccc2)C(=O)N(C)C4(C)C)cn(C)c1=O. The molecule has 0 spiro atoms. The Balaban J connectivity index is 1.84. The summed E-state index contributed by atoms with van der Waals surface area (Å²) in [5.41, 5.74) is 5.72. The van der Waals surface area contributed by atoms with Crippen LogP contribution in [0.25, 0.3) is 22.4 Å². The van der Waals surface area contributed by atoms with Crippen LogP contribution in [0.2, 0.25) is 0 Å². The number of pyridine rings is 1. The smallest absolute Gasteiger partial charge is 0.254 e. The Kier molecular flexibility index (Phi) is 4.60. The van der Waals surface area contributed by atoms with Crippen LogP contribution in [0.3, 0.4) is 0 Å². The summed E-state index contributed by atoms with van der Waals surface area (Å²) in [6.07, 6.45) is 1.83. The molecule has 0 saturated carbocycles. The maximum absolute atomic E-state index is 13.1. The van der Waals surface area contributed by atoms with Crippen molar-refractivity contribution in [2.24, 2.45) is 7.05 Å². The molecule has 2 aromatic carbocycles. The molecule has 0 bridgehead atoms. The summed E-state index contributed by atoms with van der Waals surface area (Å²) in [5.74, 6) is 0.804. The highest BCUT2D eigenvalue weighted by Crippen LogP contribution is 2.41. The lowest BCUT2D eigenvalue weighted by atomic mass is 9.93. The summed E-state index contributed by atoms with van der Waals surface area (Å²) in [4.78, 5) is 32.2. The van der Waals surface area contributed by atoms with Gasteiger partial charge in [0.1, 0.15) is 5.82 Å². The van der Waals surface area contributed by atoms with Crippen molar-refractivity contribution < 1.29 is 4.79 Å². The van der Waals surface area contributed by atoms with E-state index in [0.29, 0.717) is 5.56 Å². The van der Waals surface area contributed by atoms with E-state index in [4.69, 9.17) is 4.98 Å². The van der Waals surface area contributed by atoms with E-state index in [1.807, 2.05) is 50.5 Å². The Labute approximate surface area is 193 Å². The standard InChI is InChI=1S/C27H28N4O2/c1-16-12-19(15-29(5)25(16)32)24-28-22-14-21-20(26(33)30(6)27(21,3)4)13-23(22)31(24)17(2)18-10-8-7-9-11-18/h7-15,17H,1-6H3. The number of hydrogen-bond acceptors (Lipinski definition) is 3. The summed E-state index contributed by atoms with van der Waals surface area (Å²) in [6.45, 7) is 8.08. The Morgan fingerprint density at radius 3 is 2.36 bits per heavy atom. The monoisotopic (exact) mass is 440 g/mol. The molecule has 1 aliphatic heterocycles. The molecular formula is C27H28N4O2. The van der Waals surface area contributed by atoms with E-state index in [1.54, 1.807) is 16.5 Å². The number of nitrogens with zero attached hydrogens (tertiary/aromatic N) is 4. The number of amides is 1. The van der Waals surface area contributed by atoms with Crippen LogP contribution in [0.4, 0.5) is 0 Å². The zero-order chi connectivity index (χ0) is 23.7. The van der Waals surface area contributed by atoms with E-state index in [1.165, 1.54) is 0 Å². The molecule has 2 aromatic heterocycles. The van der Waals surface area contributed by atoms with Crippen molar-refractivity contribution >= 4 is 16.9 Å². The van der Waals surface area contributed by atoms with Crippen LogP contribution in [0.1, 0.15) is 53.9 Å². The number of aryl methyl sites for hydroxylation is 2. The van der Waals surface area contributed by atoms with Crippen LogP contribution in [0, 0.1) is 6.92 Å². The molecule has 1 amide bonds. The normalized spacial score (nSPS) is 15.8.